The minimum atomic E-state index is -4.17. The van der Waals surface area contributed by atoms with Crippen molar-refractivity contribution in [3.8, 4) is 44.5 Å². The maximum Gasteiger partial charge on any atom is 0.359 e. The van der Waals surface area contributed by atoms with Gasteiger partial charge in [0.15, 0.2) is 0 Å². The molecule has 0 saturated carbocycles. The number of rotatable bonds is 16. The molecule has 9 rings (SSSR count). The van der Waals surface area contributed by atoms with E-state index < -0.39 is 41.2 Å². The van der Waals surface area contributed by atoms with Crippen molar-refractivity contribution < 1.29 is 50.4 Å². The van der Waals surface area contributed by atoms with Gasteiger partial charge in [-0.15, -0.1) is 0 Å². The van der Waals surface area contributed by atoms with Crippen molar-refractivity contribution >= 4 is 110 Å². The fraction of sp³-hybridized carbons (Fsp3) is 0.0833. The summed E-state index contributed by atoms with van der Waals surface area (Å²) < 4.78 is 129. The molecule has 0 fully saturated rings. The zero-order chi connectivity index (χ0) is 51.0. The van der Waals surface area contributed by atoms with Crippen LogP contribution in [0.15, 0.2) is 121 Å². The minimum Gasteiger partial charge on any atom is -0.354 e. The van der Waals surface area contributed by atoms with Gasteiger partial charge in [0.05, 0.1) is 74.0 Å². The third-order valence-corrected chi connectivity index (χ3v) is 14.9. The van der Waals surface area contributed by atoms with E-state index in [-0.39, 0.29) is 22.7 Å². The summed E-state index contributed by atoms with van der Waals surface area (Å²) in [4.78, 5) is 17.5. The fourth-order valence-electron chi connectivity index (χ4n) is 8.12. The first-order valence-corrected chi connectivity index (χ1v) is 26.9. The molecule has 0 aliphatic carbocycles. The number of aromatic amines is 2. The first kappa shape index (κ1) is 49.3. The highest BCUT2D eigenvalue weighted by atomic mass is 32.2. The lowest BCUT2D eigenvalue weighted by molar-refractivity contribution is 0.401. The summed E-state index contributed by atoms with van der Waals surface area (Å²) in [5.74, 6) is 0. The molecule has 0 amide bonds. The zero-order valence-corrected chi connectivity index (χ0v) is 41.5. The smallest absolute Gasteiger partial charge is 0.354 e. The van der Waals surface area contributed by atoms with E-state index in [2.05, 4.69) is 45.6 Å². The van der Waals surface area contributed by atoms with E-state index in [0.717, 1.165) is 28.4 Å². The second-order valence-corrected chi connectivity index (χ2v) is 21.5. The summed E-state index contributed by atoms with van der Waals surface area (Å²) in [6.45, 7) is 0. The summed E-state index contributed by atoms with van der Waals surface area (Å²) in [6, 6.07) is 33.9. The van der Waals surface area contributed by atoms with Gasteiger partial charge < -0.3 is 9.97 Å². The highest BCUT2D eigenvalue weighted by Crippen LogP contribution is 2.40. The number of nitrogens with zero attached hydrogens (tertiary/aromatic N) is 2. The Morgan fingerprint density at radius 1 is 0.347 bits per heavy atom. The molecule has 3 aromatic heterocycles. The number of H-pyrrole nitrogens is 2. The van der Waals surface area contributed by atoms with Gasteiger partial charge >= 0.3 is 41.2 Å². The van der Waals surface area contributed by atoms with E-state index in [1.807, 2.05) is 24.3 Å². The Labute approximate surface area is 414 Å². The topological polar surface area (TPSA) is 279 Å². The van der Waals surface area contributed by atoms with Gasteiger partial charge in [-0.2, -0.15) is 33.7 Å². The van der Waals surface area contributed by atoms with Crippen LogP contribution in [0.4, 0.5) is 22.7 Å². The van der Waals surface area contributed by atoms with Gasteiger partial charge in [-0.3, -0.25) is 35.6 Å². The molecule has 20 nitrogen and oxygen atoms in total. The van der Waals surface area contributed by atoms with Crippen LogP contribution in [0.5, 0.6) is 0 Å². The van der Waals surface area contributed by atoms with Crippen LogP contribution in [0.25, 0.3) is 90.9 Å². The van der Waals surface area contributed by atoms with E-state index in [1.165, 1.54) is 0 Å². The maximum atomic E-state index is 12.6. The second kappa shape index (κ2) is 19.5. The Morgan fingerprint density at radius 3 is 0.778 bits per heavy atom. The molecular weight excluding hydrogens is 1010 g/mol. The predicted octanol–water partition coefficient (Wildman–Crippen LogP) is 8.54. The Bertz CT molecular complexity index is 3520. The Hall–Kier alpha value is -7.68. The standard InChI is InChI=1S/C48H42N8O12S4/c1-65-69(57,58)53-33-13-5-9-29(25-33)45-37-17-19-39(49-37)46(30-10-6-14-34(26-30)54-70(59,60)66-2)41-21-23-43(51-41)48(32-12-8-16-36(28-32)56-72(63,64)68-4)44-24-22-42(52-44)47(40-20-18-38(45)50-40)31-11-7-15-35(27-31)55-71(61,62)67-3/h5-28,49,52-56H,1-4H3. The molecule has 2 aliphatic heterocycles. The van der Waals surface area contributed by atoms with Gasteiger partial charge in [-0.05, 0) is 119 Å². The van der Waals surface area contributed by atoms with Crippen molar-refractivity contribution in [1.29, 1.82) is 0 Å². The number of aromatic nitrogens is 4. The van der Waals surface area contributed by atoms with Crippen molar-refractivity contribution in [2.45, 2.75) is 0 Å². The summed E-state index contributed by atoms with van der Waals surface area (Å²) in [6.07, 6.45) is 7.17. The molecule has 8 bridgehead atoms. The average Bonchev–Trinajstić information content (AvgIpc) is 4.20. The molecule has 370 valence electrons. The summed E-state index contributed by atoms with van der Waals surface area (Å²) >= 11 is 0. The van der Waals surface area contributed by atoms with Crippen molar-refractivity contribution in [2.75, 3.05) is 47.3 Å². The Morgan fingerprint density at radius 2 is 0.569 bits per heavy atom. The Kier molecular flexibility index (Phi) is 13.3. The van der Waals surface area contributed by atoms with Gasteiger partial charge in [0, 0.05) is 44.3 Å². The maximum absolute atomic E-state index is 12.6. The lowest BCUT2D eigenvalue weighted by atomic mass is 10.0. The average molecular weight is 1050 g/mol. The lowest BCUT2D eigenvalue weighted by Crippen LogP contribution is -2.13. The van der Waals surface area contributed by atoms with Gasteiger partial charge in [0.1, 0.15) is 0 Å². The van der Waals surface area contributed by atoms with Crippen molar-refractivity contribution in [3.63, 3.8) is 0 Å². The quantitative estimate of drug-likeness (QED) is 0.0529. The molecule has 24 heteroatoms. The molecule has 5 heterocycles. The molecule has 72 heavy (non-hydrogen) atoms. The van der Waals surface area contributed by atoms with Crippen LogP contribution in [0.3, 0.4) is 0 Å². The molecule has 0 atom stereocenters. The van der Waals surface area contributed by atoms with Crippen LogP contribution in [0.2, 0.25) is 0 Å². The molecule has 7 aromatic rings. The number of hydrogen-bond donors (Lipinski definition) is 6. The van der Waals surface area contributed by atoms with Crippen molar-refractivity contribution in [1.82, 2.24) is 19.9 Å². The third kappa shape index (κ3) is 10.7. The van der Waals surface area contributed by atoms with Gasteiger partial charge in [-0.1, -0.05) is 48.5 Å². The first-order valence-electron chi connectivity index (χ1n) is 21.3. The third-order valence-electron chi connectivity index (χ3n) is 11.2. The summed E-state index contributed by atoms with van der Waals surface area (Å²) in [5, 5.41) is 0. The van der Waals surface area contributed by atoms with E-state index in [1.54, 1.807) is 121 Å². The SMILES string of the molecule is COS(=O)(=O)Nc1cccc(-c2c3nc(c(-c4cccc(NS(=O)(=O)OC)c4)c4ccc([nH]4)c(-c4cccc(NS(=O)(=O)OC)c4)c4nc(c(-c5cccc(NS(=O)(=O)OC)c5)c5ccc2[nH]5)C=C4)C=C3)c1. The Balaban J connectivity index is 1.42. The van der Waals surface area contributed by atoms with E-state index in [4.69, 9.17) is 9.97 Å². The lowest BCUT2D eigenvalue weighted by Gasteiger charge is -2.10. The molecular formula is C48H42N8O12S4. The van der Waals surface area contributed by atoms with Gasteiger partial charge in [-0.25, -0.2) is 9.97 Å². The van der Waals surface area contributed by atoms with E-state index in [0.29, 0.717) is 89.4 Å². The van der Waals surface area contributed by atoms with Crippen molar-refractivity contribution in [3.05, 3.63) is 144 Å². The molecule has 4 aromatic carbocycles. The van der Waals surface area contributed by atoms with Crippen LogP contribution in [0.1, 0.15) is 22.8 Å². The molecule has 0 unspecified atom stereocenters. The summed E-state index contributed by atoms with van der Waals surface area (Å²) in [5.41, 5.74) is 8.87. The number of benzene rings is 4. The van der Waals surface area contributed by atoms with Crippen LogP contribution >= 0.6 is 0 Å². The number of nitrogens with one attached hydrogen (secondary N) is 6. The zero-order valence-electron chi connectivity index (χ0n) is 38.3. The van der Waals surface area contributed by atoms with Gasteiger partial charge in [0.25, 0.3) is 0 Å². The van der Waals surface area contributed by atoms with Crippen LogP contribution in [-0.2, 0) is 57.9 Å². The molecule has 0 saturated heterocycles. The molecule has 2 aliphatic rings. The minimum absolute atomic E-state index is 0.193. The van der Waals surface area contributed by atoms with Crippen LogP contribution < -0.4 is 18.9 Å². The summed E-state index contributed by atoms with van der Waals surface area (Å²) in [7, 11) is -12.5. The molecule has 6 N–H and O–H groups in total. The monoisotopic (exact) mass is 1050 g/mol. The number of anilines is 4. The number of hydrogen-bond acceptors (Lipinski definition) is 14. The van der Waals surface area contributed by atoms with E-state index in [9.17, 15) is 33.7 Å². The number of fused-ring (bicyclic) bond motifs is 8. The first-order chi connectivity index (χ1) is 34.4. The largest absolute Gasteiger partial charge is 0.359 e. The van der Waals surface area contributed by atoms with Crippen LogP contribution in [0, 0.1) is 0 Å². The van der Waals surface area contributed by atoms with Crippen LogP contribution in [-0.4, -0.2) is 82.0 Å². The fourth-order valence-corrected chi connectivity index (χ4v) is 10.1. The van der Waals surface area contributed by atoms with Gasteiger partial charge in [0.2, 0.25) is 0 Å². The second-order valence-electron chi connectivity index (χ2n) is 15.7. The van der Waals surface area contributed by atoms with Crippen molar-refractivity contribution in [2.24, 2.45) is 0 Å². The normalized spacial score (nSPS) is 12.7. The molecule has 0 spiro atoms. The highest BCUT2D eigenvalue weighted by Gasteiger charge is 2.22. The van der Waals surface area contributed by atoms with E-state index >= 15 is 0 Å². The highest BCUT2D eigenvalue weighted by molar-refractivity contribution is 7.88. The molecule has 0 radical (unpaired) electrons. The predicted molar refractivity (Wildman–Crippen MR) is 279 cm³/mol.